The van der Waals surface area contributed by atoms with E-state index in [-0.39, 0.29) is 16.2 Å². The molecule has 7 rings (SSSR count). The van der Waals surface area contributed by atoms with Crippen LogP contribution in [0.2, 0.25) is 0 Å². The summed E-state index contributed by atoms with van der Waals surface area (Å²) in [6.45, 7) is 14.2. The van der Waals surface area contributed by atoms with Gasteiger partial charge < -0.3 is 10.6 Å². The summed E-state index contributed by atoms with van der Waals surface area (Å²) in [4.78, 5) is 0. The fraction of sp³-hybridized carbons (Fsp3) is 0.273. The molecule has 0 saturated heterocycles. The van der Waals surface area contributed by atoms with Gasteiger partial charge in [-0.2, -0.15) is 0 Å². The number of para-hydroxylation sites is 2. The number of hydrogen-bond acceptors (Lipinski definition) is 2. The molecule has 0 saturated carbocycles. The van der Waals surface area contributed by atoms with Crippen LogP contribution in [0, 0.1) is 0 Å². The lowest BCUT2D eigenvalue weighted by Crippen LogP contribution is -2.27. The normalized spacial score (nSPS) is 18.6. The Morgan fingerprint density at radius 3 is 1.20 bits per heavy atom. The number of hydrogen-bond donors (Lipinski definition) is 2. The predicted octanol–water partition coefficient (Wildman–Crippen LogP) is 8.76. The zero-order valence-electron chi connectivity index (χ0n) is 21.4. The molecule has 3 aliphatic rings. The maximum atomic E-state index is 3.76. The topological polar surface area (TPSA) is 24.1 Å². The molecule has 2 heterocycles. The van der Waals surface area contributed by atoms with Gasteiger partial charge in [0.05, 0.1) is 0 Å². The third-order valence-electron chi connectivity index (χ3n) is 9.04. The molecule has 0 unspecified atom stereocenters. The maximum Gasteiger partial charge on any atom is 0.0429 e. The van der Waals surface area contributed by atoms with Crippen LogP contribution in [0.15, 0.2) is 72.8 Å². The fourth-order valence-electron chi connectivity index (χ4n) is 6.92. The van der Waals surface area contributed by atoms with Crippen molar-refractivity contribution in [2.45, 2.75) is 57.8 Å². The van der Waals surface area contributed by atoms with E-state index in [1.54, 1.807) is 0 Å². The monoisotopic (exact) mass is 456 g/mol. The van der Waals surface area contributed by atoms with Gasteiger partial charge in [0.25, 0.3) is 0 Å². The Kier molecular flexibility index (Phi) is 3.79. The van der Waals surface area contributed by atoms with E-state index in [4.69, 9.17) is 0 Å². The average Bonchev–Trinajstić information content (AvgIpc) is 3.03. The molecule has 1 aliphatic carbocycles. The molecule has 4 aromatic carbocycles. The highest BCUT2D eigenvalue weighted by molar-refractivity contribution is 5.90. The van der Waals surface area contributed by atoms with Crippen LogP contribution in [-0.2, 0) is 16.2 Å². The number of fused-ring (bicyclic) bond motifs is 7. The highest BCUT2D eigenvalue weighted by Gasteiger charge is 2.42. The van der Waals surface area contributed by atoms with Gasteiger partial charge in [-0.25, -0.2) is 0 Å². The average molecular weight is 457 g/mol. The van der Waals surface area contributed by atoms with Gasteiger partial charge in [0.2, 0.25) is 0 Å². The molecule has 0 amide bonds. The SMILES string of the molecule is CC1(C)c2ccccc2Nc2cc3c(cc21)-c1cc2c(cc1C3(C)C)Nc1ccccc1C2(C)C. The summed E-state index contributed by atoms with van der Waals surface area (Å²) >= 11 is 0. The minimum absolute atomic E-state index is 0.0624. The Morgan fingerprint density at radius 2 is 0.771 bits per heavy atom. The van der Waals surface area contributed by atoms with Gasteiger partial charge in [-0.3, -0.25) is 0 Å². The van der Waals surface area contributed by atoms with Gasteiger partial charge in [0, 0.05) is 39.0 Å². The molecule has 0 bridgehead atoms. The predicted molar refractivity (Wildman–Crippen MR) is 148 cm³/mol. The van der Waals surface area contributed by atoms with Crippen LogP contribution in [0.5, 0.6) is 0 Å². The Hall–Kier alpha value is -3.52. The summed E-state index contributed by atoms with van der Waals surface area (Å²) in [5.74, 6) is 0. The molecule has 0 radical (unpaired) electrons. The Balaban J connectivity index is 1.46. The summed E-state index contributed by atoms with van der Waals surface area (Å²) in [5, 5.41) is 7.52. The first kappa shape index (κ1) is 20.8. The molecule has 0 fully saturated rings. The fourth-order valence-corrected chi connectivity index (χ4v) is 6.92. The smallest absolute Gasteiger partial charge is 0.0429 e. The van der Waals surface area contributed by atoms with Crippen LogP contribution in [0.3, 0.4) is 0 Å². The maximum absolute atomic E-state index is 3.76. The zero-order valence-corrected chi connectivity index (χ0v) is 21.4. The number of rotatable bonds is 0. The van der Waals surface area contributed by atoms with Crippen molar-refractivity contribution in [1.29, 1.82) is 0 Å². The van der Waals surface area contributed by atoms with Crippen molar-refractivity contribution in [3.8, 4) is 11.1 Å². The first-order chi connectivity index (χ1) is 16.6. The van der Waals surface area contributed by atoms with Crippen LogP contribution in [0.4, 0.5) is 22.7 Å². The summed E-state index contributed by atoms with van der Waals surface area (Å²) < 4.78 is 0. The summed E-state index contributed by atoms with van der Waals surface area (Å²) in [5.41, 5.74) is 15.8. The summed E-state index contributed by atoms with van der Waals surface area (Å²) in [7, 11) is 0. The molecular formula is C33H32N2. The Morgan fingerprint density at radius 1 is 0.400 bits per heavy atom. The molecule has 4 aromatic rings. The van der Waals surface area contributed by atoms with E-state index in [1.165, 1.54) is 67.3 Å². The lowest BCUT2D eigenvalue weighted by atomic mass is 9.72. The van der Waals surface area contributed by atoms with Crippen molar-refractivity contribution in [3.05, 3.63) is 106 Å². The van der Waals surface area contributed by atoms with E-state index in [2.05, 4.69) is 125 Å². The third-order valence-corrected chi connectivity index (χ3v) is 9.04. The van der Waals surface area contributed by atoms with Crippen molar-refractivity contribution < 1.29 is 0 Å². The first-order valence-corrected chi connectivity index (χ1v) is 12.7. The molecule has 2 nitrogen and oxygen atoms in total. The van der Waals surface area contributed by atoms with Gasteiger partial charge in [-0.15, -0.1) is 0 Å². The van der Waals surface area contributed by atoms with Gasteiger partial charge in [-0.05, 0) is 80.9 Å². The van der Waals surface area contributed by atoms with Crippen LogP contribution in [-0.4, -0.2) is 0 Å². The van der Waals surface area contributed by atoms with E-state index in [0.29, 0.717) is 0 Å². The van der Waals surface area contributed by atoms with E-state index >= 15 is 0 Å². The molecule has 35 heavy (non-hydrogen) atoms. The highest BCUT2D eigenvalue weighted by atomic mass is 14.9. The second-order valence-electron chi connectivity index (χ2n) is 12.1. The number of anilines is 4. The van der Waals surface area contributed by atoms with Crippen molar-refractivity contribution >= 4 is 22.7 Å². The van der Waals surface area contributed by atoms with Crippen LogP contribution >= 0.6 is 0 Å². The largest absolute Gasteiger partial charge is 0.355 e. The Labute approximate surface area is 208 Å². The van der Waals surface area contributed by atoms with Crippen LogP contribution in [0.1, 0.15) is 74.9 Å². The van der Waals surface area contributed by atoms with E-state index in [1.807, 2.05) is 0 Å². The van der Waals surface area contributed by atoms with Crippen molar-refractivity contribution in [1.82, 2.24) is 0 Å². The second-order valence-corrected chi connectivity index (χ2v) is 12.1. The molecule has 2 aliphatic heterocycles. The molecule has 0 atom stereocenters. The van der Waals surface area contributed by atoms with E-state index < -0.39 is 0 Å². The van der Waals surface area contributed by atoms with Gasteiger partial charge >= 0.3 is 0 Å². The second kappa shape index (κ2) is 6.37. The molecule has 0 spiro atoms. The molecule has 2 heteroatoms. The van der Waals surface area contributed by atoms with Crippen molar-refractivity contribution in [2.75, 3.05) is 10.6 Å². The van der Waals surface area contributed by atoms with E-state index in [9.17, 15) is 0 Å². The van der Waals surface area contributed by atoms with Crippen LogP contribution in [0.25, 0.3) is 11.1 Å². The number of benzene rings is 4. The molecule has 0 aromatic heterocycles. The van der Waals surface area contributed by atoms with Gasteiger partial charge in [0.15, 0.2) is 0 Å². The van der Waals surface area contributed by atoms with Gasteiger partial charge in [0.1, 0.15) is 0 Å². The summed E-state index contributed by atoms with van der Waals surface area (Å²) in [6.07, 6.45) is 0. The molecular weight excluding hydrogens is 424 g/mol. The minimum Gasteiger partial charge on any atom is -0.355 e. The van der Waals surface area contributed by atoms with E-state index in [0.717, 1.165) is 0 Å². The van der Waals surface area contributed by atoms with Gasteiger partial charge in [-0.1, -0.05) is 77.9 Å². The summed E-state index contributed by atoms with van der Waals surface area (Å²) in [6, 6.07) is 27.3. The standard InChI is InChI=1S/C33H32N2/c1-31(2)21-11-7-9-13-27(21)34-29-17-23-19(15-25(29)31)20-16-26-30(18-24(20)33(23,5)6)35-28-14-10-8-12-22(28)32(26,3)4/h7-18,34-35H,1-6H3. The van der Waals surface area contributed by atoms with Crippen molar-refractivity contribution in [3.63, 3.8) is 0 Å². The molecule has 2 N–H and O–H groups in total. The third kappa shape index (κ3) is 2.55. The lowest BCUT2D eigenvalue weighted by Gasteiger charge is -2.37. The lowest BCUT2D eigenvalue weighted by molar-refractivity contribution is 0.630. The highest BCUT2D eigenvalue weighted by Crippen LogP contribution is 2.57. The first-order valence-electron chi connectivity index (χ1n) is 12.7. The zero-order chi connectivity index (χ0) is 24.3. The minimum atomic E-state index is -0.0691. The van der Waals surface area contributed by atoms with Crippen molar-refractivity contribution in [2.24, 2.45) is 0 Å². The Bertz CT molecular complexity index is 1450. The quantitative estimate of drug-likeness (QED) is 0.276. The number of nitrogens with one attached hydrogen (secondary N) is 2. The molecule has 174 valence electrons. The van der Waals surface area contributed by atoms with Crippen LogP contribution < -0.4 is 10.6 Å².